The normalized spacial score (nSPS) is 12.4. The van der Waals surface area contributed by atoms with Crippen molar-refractivity contribution in [3.63, 3.8) is 0 Å². The lowest BCUT2D eigenvalue weighted by Crippen LogP contribution is -2.11. The molecule has 2 aromatic carbocycles. The van der Waals surface area contributed by atoms with E-state index in [0.29, 0.717) is 5.92 Å². The van der Waals surface area contributed by atoms with Crippen LogP contribution in [0.3, 0.4) is 0 Å². The highest BCUT2D eigenvalue weighted by Crippen LogP contribution is 2.20. The van der Waals surface area contributed by atoms with Crippen molar-refractivity contribution in [1.82, 2.24) is 0 Å². The Labute approximate surface area is 127 Å². The van der Waals surface area contributed by atoms with Crippen LogP contribution in [0.25, 0.3) is 0 Å². The molecule has 0 aliphatic rings. The summed E-state index contributed by atoms with van der Waals surface area (Å²) in [5, 5.41) is 0.834. The van der Waals surface area contributed by atoms with Crippen molar-refractivity contribution in [3.05, 3.63) is 70.8 Å². The quantitative estimate of drug-likeness (QED) is 0.667. The van der Waals surface area contributed by atoms with Crippen LogP contribution >= 0.6 is 15.9 Å². The molecule has 0 aromatic heterocycles. The van der Waals surface area contributed by atoms with Crippen molar-refractivity contribution in [2.24, 2.45) is 5.92 Å². The molecule has 3 heteroatoms. The van der Waals surface area contributed by atoms with Crippen LogP contribution in [-0.2, 0) is 12.8 Å². The van der Waals surface area contributed by atoms with Gasteiger partial charge in [0.25, 0.3) is 0 Å². The second-order valence-electron chi connectivity index (χ2n) is 5.13. The molecule has 20 heavy (non-hydrogen) atoms. The number of hydrogen-bond acceptors (Lipinski definition) is 0. The van der Waals surface area contributed by atoms with Gasteiger partial charge in [-0.15, -0.1) is 0 Å². The molecule has 1 unspecified atom stereocenters. The number of benzene rings is 2. The smallest absolute Gasteiger partial charge is 0.123 e. The average Bonchev–Trinajstić information content (AvgIpc) is 2.44. The Hall–Kier alpha value is -1.22. The van der Waals surface area contributed by atoms with E-state index in [1.165, 1.54) is 18.2 Å². The van der Waals surface area contributed by atoms with Gasteiger partial charge in [-0.2, -0.15) is 0 Å². The monoisotopic (exact) mass is 338 g/mol. The first-order valence-electron chi connectivity index (χ1n) is 6.64. The minimum absolute atomic E-state index is 0.194. The largest absolute Gasteiger partial charge is 0.207 e. The Morgan fingerprint density at radius 3 is 2.25 bits per heavy atom. The van der Waals surface area contributed by atoms with Gasteiger partial charge in [0.1, 0.15) is 11.6 Å². The summed E-state index contributed by atoms with van der Waals surface area (Å²) >= 11 is 3.52. The molecular weight excluding hydrogens is 322 g/mol. The number of halogens is 3. The number of aryl methyl sites for hydroxylation is 1. The first kappa shape index (κ1) is 15.2. The molecule has 0 radical (unpaired) electrons. The molecule has 0 heterocycles. The number of hydrogen-bond donors (Lipinski definition) is 0. The minimum Gasteiger partial charge on any atom is -0.207 e. The fourth-order valence-electron chi connectivity index (χ4n) is 2.31. The Balaban J connectivity index is 2.08. The van der Waals surface area contributed by atoms with E-state index in [1.807, 2.05) is 25.1 Å². The molecular formula is C17H17BrF2. The molecule has 2 rings (SSSR count). The Kier molecular flexibility index (Phi) is 5.30. The molecule has 0 bridgehead atoms. The summed E-state index contributed by atoms with van der Waals surface area (Å²) in [7, 11) is 0. The second-order valence-corrected chi connectivity index (χ2v) is 5.77. The maximum Gasteiger partial charge on any atom is 0.123 e. The molecule has 2 aromatic rings. The van der Waals surface area contributed by atoms with Crippen LogP contribution in [0.15, 0.2) is 42.5 Å². The van der Waals surface area contributed by atoms with Gasteiger partial charge in [0.15, 0.2) is 0 Å². The highest BCUT2D eigenvalue weighted by molar-refractivity contribution is 9.09. The SMILES string of the molecule is Cc1ccc(F)cc1CC(CBr)Cc1ccc(F)cc1. The molecule has 0 nitrogen and oxygen atoms in total. The molecule has 0 fully saturated rings. The van der Waals surface area contributed by atoms with Crippen LogP contribution in [0, 0.1) is 24.5 Å². The molecule has 0 aliphatic carbocycles. The van der Waals surface area contributed by atoms with Gasteiger partial charge in [0.2, 0.25) is 0 Å². The van der Waals surface area contributed by atoms with Crippen molar-refractivity contribution in [3.8, 4) is 0 Å². The van der Waals surface area contributed by atoms with Crippen molar-refractivity contribution in [1.29, 1.82) is 0 Å². The summed E-state index contributed by atoms with van der Waals surface area (Å²) in [6.07, 6.45) is 1.66. The lowest BCUT2D eigenvalue weighted by Gasteiger charge is -2.16. The van der Waals surface area contributed by atoms with E-state index in [2.05, 4.69) is 15.9 Å². The van der Waals surface area contributed by atoms with Crippen LogP contribution < -0.4 is 0 Å². The van der Waals surface area contributed by atoms with Gasteiger partial charge in [0.05, 0.1) is 0 Å². The number of rotatable bonds is 5. The van der Waals surface area contributed by atoms with Crippen LogP contribution in [0.2, 0.25) is 0 Å². The van der Waals surface area contributed by atoms with Crippen LogP contribution in [-0.4, -0.2) is 5.33 Å². The van der Waals surface area contributed by atoms with E-state index in [-0.39, 0.29) is 11.6 Å². The lowest BCUT2D eigenvalue weighted by atomic mass is 9.92. The minimum atomic E-state index is -0.217. The summed E-state index contributed by atoms with van der Waals surface area (Å²) in [6, 6.07) is 11.5. The molecule has 0 saturated carbocycles. The summed E-state index contributed by atoms with van der Waals surface area (Å²) in [6.45, 7) is 2.00. The molecule has 106 valence electrons. The topological polar surface area (TPSA) is 0 Å². The van der Waals surface area contributed by atoms with Crippen molar-refractivity contribution < 1.29 is 8.78 Å². The molecule has 0 saturated heterocycles. The Bertz CT molecular complexity index is 564. The third-order valence-electron chi connectivity index (χ3n) is 3.48. The fraction of sp³-hybridized carbons (Fsp3) is 0.294. The fourth-order valence-corrected chi connectivity index (χ4v) is 2.76. The van der Waals surface area contributed by atoms with E-state index in [9.17, 15) is 8.78 Å². The van der Waals surface area contributed by atoms with E-state index in [4.69, 9.17) is 0 Å². The average molecular weight is 339 g/mol. The van der Waals surface area contributed by atoms with E-state index in [1.54, 1.807) is 6.07 Å². The summed E-state index contributed by atoms with van der Waals surface area (Å²) in [5.74, 6) is -0.0493. The van der Waals surface area contributed by atoms with Crippen molar-refractivity contribution in [2.75, 3.05) is 5.33 Å². The Morgan fingerprint density at radius 2 is 1.60 bits per heavy atom. The number of alkyl halides is 1. The van der Waals surface area contributed by atoms with Crippen LogP contribution in [0.1, 0.15) is 16.7 Å². The molecule has 0 N–H and O–H groups in total. The maximum absolute atomic E-state index is 13.3. The van der Waals surface area contributed by atoms with E-state index in [0.717, 1.165) is 34.9 Å². The maximum atomic E-state index is 13.3. The summed E-state index contributed by atoms with van der Waals surface area (Å²) in [5.41, 5.74) is 3.25. The van der Waals surface area contributed by atoms with Crippen LogP contribution in [0.4, 0.5) is 8.78 Å². The lowest BCUT2D eigenvalue weighted by molar-refractivity contribution is 0.578. The van der Waals surface area contributed by atoms with Gasteiger partial charge >= 0.3 is 0 Å². The molecule has 0 aliphatic heterocycles. The zero-order chi connectivity index (χ0) is 14.5. The van der Waals surface area contributed by atoms with Crippen molar-refractivity contribution in [2.45, 2.75) is 19.8 Å². The third kappa shape index (κ3) is 4.14. The standard InChI is InChI=1S/C17H17BrF2/c1-12-2-5-17(20)10-15(12)9-14(11-18)8-13-3-6-16(19)7-4-13/h2-7,10,14H,8-9,11H2,1H3. The van der Waals surface area contributed by atoms with Crippen molar-refractivity contribution >= 4 is 15.9 Å². The third-order valence-corrected chi connectivity index (χ3v) is 4.39. The predicted octanol–water partition coefficient (Wildman–Crippen LogP) is 5.07. The second kappa shape index (κ2) is 6.98. The molecule has 1 atom stereocenters. The first-order valence-corrected chi connectivity index (χ1v) is 7.76. The van der Waals surface area contributed by atoms with E-state index < -0.39 is 0 Å². The summed E-state index contributed by atoms with van der Waals surface area (Å²) < 4.78 is 26.2. The van der Waals surface area contributed by atoms with Gasteiger partial charge in [-0.05, 0) is 66.6 Å². The highest BCUT2D eigenvalue weighted by Gasteiger charge is 2.12. The van der Waals surface area contributed by atoms with Gasteiger partial charge in [-0.25, -0.2) is 8.78 Å². The Morgan fingerprint density at radius 1 is 0.950 bits per heavy atom. The highest BCUT2D eigenvalue weighted by atomic mass is 79.9. The predicted molar refractivity (Wildman–Crippen MR) is 82.2 cm³/mol. The van der Waals surface area contributed by atoms with Crippen LogP contribution in [0.5, 0.6) is 0 Å². The van der Waals surface area contributed by atoms with Gasteiger partial charge in [0, 0.05) is 5.33 Å². The summed E-state index contributed by atoms with van der Waals surface area (Å²) in [4.78, 5) is 0. The molecule has 0 amide bonds. The van der Waals surface area contributed by atoms with Gasteiger partial charge < -0.3 is 0 Å². The molecule has 0 spiro atoms. The van der Waals surface area contributed by atoms with Gasteiger partial charge in [-0.3, -0.25) is 0 Å². The zero-order valence-electron chi connectivity index (χ0n) is 11.4. The zero-order valence-corrected chi connectivity index (χ0v) is 13.0. The first-order chi connectivity index (χ1) is 9.58. The van der Waals surface area contributed by atoms with Gasteiger partial charge in [-0.1, -0.05) is 34.1 Å². The van der Waals surface area contributed by atoms with E-state index >= 15 is 0 Å².